The van der Waals surface area contributed by atoms with E-state index in [0.717, 1.165) is 22.2 Å². The third-order valence-corrected chi connectivity index (χ3v) is 10.9. The fraction of sp³-hybridized carbons (Fsp3) is 0. The van der Waals surface area contributed by atoms with Crippen LogP contribution in [0.4, 0.5) is 0 Å². The van der Waals surface area contributed by atoms with Gasteiger partial charge in [0, 0.05) is 42.1 Å². The van der Waals surface area contributed by atoms with E-state index in [9.17, 15) is 0 Å². The molecular weight excluding hydrogens is 605 g/mol. The molecule has 7 aromatic carbocycles. The van der Waals surface area contributed by atoms with Gasteiger partial charge in [0.25, 0.3) is 0 Å². The van der Waals surface area contributed by atoms with Crippen molar-refractivity contribution >= 4 is 64.1 Å². The normalized spacial score (nSPS) is 12.2. The topological polar surface area (TPSA) is 43.6 Å². The van der Waals surface area contributed by atoms with Gasteiger partial charge in [0.05, 0.1) is 11.0 Å². The lowest BCUT2D eigenvalue weighted by Crippen LogP contribution is -2.06. The van der Waals surface area contributed by atoms with Crippen molar-refractivity contribution in [2.45, 2.75) is 0 Å². The van der Waals surface area contributed by atoms with Crippen LogP contribution in [0.2, 0.25) is 0 Å². The predicted molar refractivity (Wildman–Crippen MR) is 200 cm³/mol. The summed E-state index contributed by atoms with van der Waals surface area (Å²) < 4.78 is 4.78. The van der Waals surface area contributed by atoms with Gasteiger partial charge in [0.15, 0.2) is 11.6 Å². The van der Waals surface area contributed by atoms with Crippen molar-refractivity contribution in [1.29, 1.82) is 0 Å². The van der Waals surface area contributed by atoms with Crippen LogP contribution in [0, 0.1) is 0 Å². The zero-order valence-electron chi connectivity index (χ0n) is 25.6. The van der Waals surface area contributed by atoms with Gasteiger partial charge in [-0.2, -0.15) is 9.97 Å². The highest BCUT2D eigenvalue weighted by atomic mass is 32.1. The highest BCUT2D eigenvalue weighted by Gasteiger charge is 2.26. The first-order valence-corrected chi connectivity index (χ1v) is 16.9. The van der Waals surface area contributed by atoms with Crippen LogP contribution in [0.1, 0.15) is 0 Å². The minimum atomic E-state index is 0.608. The van der Waals surface area contributed by atoms with E-state index in [1.807, 2.05) is 29.5 Å². The van der Waals surface area contributed by atoms with Crippen LogP contribution >= 0.6 is 11.3 Å². The molecule has 0 bridgehead atoms. The van der Waals surface area contributed by atoms with Crippen molar-refractivity contribution < 1.29 is 0 Å². The van der Waals surface area contributed by atoms with Gasteiger partial charge in [-0.05, 0) is 69.4 Å². The summed E-state index contributed by atoms with van der Waals surface area (Å²) in [5.41, 5.74) is 9.06. The number of rotatable bonds is 3. The maximum Gasteiger partial charge on any atom is 0.238 e. The second-order valence-electron chi connectivity index (χ2n) is 12.4. The van der Waals surface area contributed by atoms with E-state index in [1.165, 1.54) is 64.0 Å². The summed E-state index contributed by atoms with van der Waals surface area (Å²) in [6.07, 6.45) is 0. The third kappa shape index (κ3) is 3.56. The first-order valence-electron chi connectivity index (χ1n) is 16.1. The molecule has 0 spiro atoms. The Morgan fingerprint density at radius 1 is 0.417 bits per heavy atom. The second kappa shape index (κ2) is 9.67. The Bertz CT molecular complexity index is 2950. The Morgan fingerprint density at radius 2 is 1.08 bits per heavy atom. The number of hydrogen-bond acceptors (Lipinski definition) is 4. The van der Waals surface area contributed by atoms with Crippen molar-refractivity contribution in [3.05, 3.63) is 146 Å². The number of nitrogens with zero attached hydrogens (tertiary/aromatic N) is 4. The summed E-state index contributed by atoms with van der Waals surface area (Å²) in [6, 6.07) is 51.9. The minimum absolute atomic E-state index is 0.608. The standard InChI is InChI=1S/C43H24N4S/c1-2-10-26(11-3-1)41-44-42(27-21-23-37-33(24-27)30-15-6-7-19-36(30)48-37)46-43(45-41)47-34-18-9-17-32-29-14-5-4-13-28(29)31-16-8-12-25-20-22-35(47)40(38(25)31)39(32)34/h1-24H. The maximum atomic E-state index is 5.28. The average Bonchev–Trinajstić information content (AvgIpc) is 3.66. The Labute approximate surface area is 279 Å². The molecule has 4 nitrogen and oxygen atoms in total. The van der Waals surface area contributed by atoms with Crippen molar-refractivity contribution in [2.75, 3.05) is 0 Å². The zero-order chi connectivity index (χ0) is 31.3. The Balaban J connectivity index is 1.25. The number of benzene rings is 7. The third-order valence-electron chi connectivity index (χ3n) is 9.80. The zero-order valence-corrected chi connectivity index (χ0v) is 26.4. The lowest BCUT2D eigenvalue weighted by Gasteiger charge is -2.14. The van der Waals surface area contributed by atoms with Gasteiger partial charge in [-0.3, -0.25) is 4.57 Å². The first kappa shape index (κ1) is 26.0. The molecule has 3 heterocycles. The summed E-state index contributed by atoms with van der Waals surface area (Å²) in [6.45, 7) is 0. The first-order chi connectivity index (χ1) is 23.8. The lowest BCUT2D eigenvalue weighted by atomic mass is 9.93. The van der Waals surface area contributed by atoms with Gasteiger partial charge in [-0.15, -0.1) is 11.3 Å². The molecule has 1 aliphatic rings. The molecule has 0 saturated carbocycles. The van der Waals surface area contributed by atoms with Crippen molar-refractivity contribution in [2.24, 2.45) is 0 Å². The van der Waals surface area contributed by atoms with Gasteiger partial charge < -0.3 is 0 Å². The molecule has 10 aromatic rings. The summed E-state index contributed by atoms with van der Waals surface area (Å²) >= 11 is 1.82. The SMILES string of the molecule is c1ccc(-c2nc(-c3ccc4sc5ccccc5c4c3)nc(-n3c4cccc5c4c4c6c(cccc6ccc43)-c3ccccc3-5)n2)cc1. The van der Waals surface area contributed by atoms with Crippen LogP contribution in [0.5, 0.6) is 0 Å². The van der Waals surface area contributed by atoms with Gasteiger partial charge >= 0.3 is 0 Å². The highest BCUT2D eigenvalue weighted by Crippen LogP contribution is 2.49. The summed E-state index contributed by atoms with van der Waals surface area (Å²) in [4.78, 5) is 15.6. The maximum absolute atomic E-state index is 5.28. The fourth-order valence-electron chi connectivity index (χ4n) is 7.72. The van der Waals surface area contributed by atoms with Gasteiger partial charge in [-0.1, -0.05) is 109 Å². The van der Waals surface area contributed by atoms with Gasteiger partial charge in [-0.25, -0.2) is 4.98 Å². The van der Waals surface area contributed by atoms with Crippen LogP contribution in [-0.2, 0) is 0 Å². The molecule has 1 aliphatic carbocycles. The quantitative estimate of drug-likeness (QED) is 0.196. The van der Waals surface area contributed by atoms with E-state index in [-0.39, 0.29) is 0 Å². The highest BCUT2D eigenvalue weighted by molar-refractivity contribution is 7.25. The molecule has 0 saturated heterocycles. The summed E-state index contributed by atoms with van der Waals surface area (Å²) in [5.74, 6) is 1.91. The Hall–Kier alpha value is -6.17. The monoisotopic (exact) mass is 628 g/mol. The van der Waals surface area contributed by atoms with E-state index in [2.05, 4.69) is 132 Å². The Morgan fingerprint density at radius 3 is 1.94 bits per heavy atom. The average molecular weight is 629 g/mol. The largest absolute Gasteiger partial charge is 0.278 e. The molecule has 48 heavy (non-hydrogen) atoms. The molecule has 11 rings (SSSR count). The molecule has 3 aromatic heterocycles. The van der Waals surface area contributed by atoms with E-state index in [4.69, 9.17) is 15.0 Å². The van der Waals surface area contributed by atoms with E-state index >= 15 is 0 Å². The molecular formula is C43H24N4S. The molecule has 0 radical (unpaired) electrons. The van der Waals surface area contributed by atoms with Crippen molar-refractivity contribution in [3.8, 4) is 51.0 Å². The fourth-order valence-corrected chi connectivity index (χ4v) is 8.81. The lowest BCUT2D eigenvalue weighted by molar-refractivity contribution is 0.954. The van der Waals surface area contributed by atoms with E-state index in [1.54, 1.807) is 0 Å². The number of hydrogen-bond donors (Lipinski definition) is 0. The molecule has 0 fully saturated rings. The molecule has 0 unspecified atom stereocenters. The van der Waals surface area contributed by atoms with E-state index < -0.39 is 0 Å². The van der Waals surface area contributed by atoms with Crippen LogP contribution in [0.15, 0.2) is 146 Å². The molecule has 0 atom stereocenters. The molecule has 222 valence electrons. The number of thiophene rings is 1. The second-order valence-corrected chi connectivity index (χ2v) is 13.5. The van der Waals surface area contributed by atoms with Gasteiger partial charge in [0.1, 0.15) is 0 Å². The van der Waals surface area contributed by atoms with E-state index in [0.29, 0.717) is 17.6 Å². The molecule has 5 heteroatoms. The minimum Gasteiger partial charge on any atom is -0.278 e. The molecule has 0 N–H and O–H groups in total. The van der Waals surface area contributed by atoms with Crippen LogP contribution in [0.25, 0.3) is 104 Å². The predicted octanol–water partition coefficient (Wildman–Crippen LogP) is 11.5. The van der Waals surface area contributed by atoms with Crippen LogP contribution in [-0.4, -0.2) is 19.5 Å². The smallest absolute Gasteiger partial charge is 0.238 e. The van der Waals surface area contributed by atoms with Gasteiger partial charge in [0.2, 0.25) is 5.95 Å². The van der Waals surface area contributed by atoms with Crippen LogP contribution < -0.4 is 0 Å². The number of fused-ring (bicyclic) bond motifs is 6. The van der Waals surface area contributed by atoms with Crippen molar-refractivity contribution in [3.63, 3.8) is 0 Å². The molecule has 0 aliphatic heterocycles. The Kier molecular flexibility index (Phi) is 5.23. The summed E-state index contributed by atoms with van der Waals surface area (Å²) in [7, 11) is 0. The molecule has 0 amide bonds. The van der Waals surface area contributed by atoms with Crippen molar-refractivity contribution in [1.82, 2.24) is 19.5 Å². The summed E-state index contributed by atoms with van der Waals surface area (Å²) in [5, 5.41) is 7.43. The number of aromatic nitrogens is 4. The van der Waals surface area contributed by atoms with Crippen LogP contribution in [0.3, 0.4) is 0 Å².